The van der Waals surface area contributed by atoms with Gasteiger partial charge in [0.15, 0.2) is 0 Å². The van der Waals surface area contributed by atoms with E-state index >= 15 is 0 Å². The Hall–Kier alpha value is -2.04. The Kier molecular flexibility index (Phi) is 10.5. The van der Waals surface area contributed by atoms with Crippen molar-refractivity contribution < 1.29 is 13.7 Å². The highest BCUT2D eigenvalue weighted by atomic mass is 16.5. The number of nitrogens with zero attached hydrogens (tertiary/aromatic N) is 3. The minimum Gasteiger partial charge on any atom is -0.488 e. The van der Waals surface area contributed by atoms with E-state index in [1.165, 1.54) is 31.0 Å². The molecule has 2 aromatic carbocycles. The lowest BCUT2D eigenvalue weighted by Gasteiger charge is -2.38. The van der Waals surface area contributed by atoms with E-state index in [4.69, 9.17) is 4.74 Å². The molecule has 0 atom stereocenters. The Bertz CT molecular complexity index is 735. The molecule has 4 heteroatoms. The molecule has 178 valence electrons. The van der Waals surface area contributed by atoms with Gasteiger partial charge in [0, 0.05) is 11.4 Å². The van der Waals surface area contributed by atoms with E-state index in [9.17, 15) is 0 Å². The fourth-order valence-corrected chi connectivity index (χ4v) is 4.70. The first-order valence-electron chi connectivity index (χ1n) is 12.8. The molecule has 0 bridgehead atoms. The van der Waals surface area contributed by atoms with Crippen LogP contribution in [0.25, 0.3) is 0 Å². The minimum absolute atomic E-state index is 0.765. The second kappa shape index (κ2) is 12.9. The van der Waals surface area contributed by atoms with E-state index in [1.807, 2.05) is 0 Å². The molecule has 0 aliphatic heterocycles. The van der Waals surface area contributed by atoms with E-state index in [0.717, 1.165) is 60.6 Å². The zero-order valence-corrected chi connectivity index (χ0v) is 21.5. The fraction of sp³-hybridized carbons (Fsp3) is 0.571. The molecule has 0 aromatic heterocycles. The van der Waals surface area contributed by atoms with Crippen LogP contribution in [0.3, 0.4) is 0 Å². The van der Waals surface area contributed by atoms with Gasteiger partial charge in [0.1, 0.15) is 18.9 Å². The number of hydrogen-bond donors (Lipinski definition) is 0. The summed E-state index contributed by atoms with van der Waals surface area (Å²) >= 11 is 0. The number of anilines is 2. The van der Waals surface area contributed by atoms with Gasteiger partial charge >= 0.3 is 0 Å². The van der Waals surface area contributed by atoms with Crippen LogP contribution < -0.4 is 9.64 Å². The Morgan fingerprint density at radius 1 is 0.594 bits per heavy atom. The summed E-state index contributed by atoms with van der Waals surface area (Å²) in [5.74, 6) is 0.962. The Balaban J connectivity index is 2.12. The first-order valence-corrected chi connectivity index (χ1v) is 12.8. The number of benzene rings is 2. The summed E-state index contributed by atoms with van der Waals surface area (Å²) in [5.41, 5.74) is 2.48. The monoisotopic (exact) mass is 441 g/mol. The maximum Gasteiger partial charge on any atom is 0.137 e. The fourth-order valence-electron chi connectivity index (χ4n) is 4.70. The van der Waals surface area contributed by atoms with Crippen molar-refractivity contribution in [2.24, 2.45) is 0 Å². The van der Waals surface area contributed by atoms with Crippen molar-refractivity contribution in [2.75, 3.05) is 70.4 Å². The largest absolute Gasteiger partial charge is 0.488 e. The van der Waals surface area contributed by atoms with Gasteiger partial charge in [-0.1, -0.05) is 18.2 Å². The minimum atomic E-state index is 0.765. The van der Waals surface area contributed by atoms with Crippen LogP contribution in [-0.4, -0.2) is 74.5 Å². The lowest BCUT2D eigenvalue weighted by molar-refractivity contribution is -0.923. The molecule has 0 heterocycles. The van der Waals surface area contributed by atoms with Gasteiger partial charge in [-0.3, -0.25) is 0 Å². The molecule has 4 nitrogen and oxygen atoms in total. The molecule has 0 radical (unpaired) electrons. The van der Waals surface area contributed by atoms with Crippen LogP contribution in [0.15, 0.2) is 54.6 Å². The van der Waals surface area contributed by atoms with Gasteiger partial charge in [-0.25, -0.2) is 0 Å². The zero-order valence-electron chi connectivity index (χ0n) is 21.5. The molecule has 32 heavy (non-hydrogen) atoms. The quantitative estimate of drug-likeness (QED) is 0.316. The topological polar surface area (TPSA) is 12.5 Å². The van der Waals surface area contributed by atoms with E-state index in [2.05, 4.69) is 101 Å². The summed E-state index contributed by atoms with van der Waals surface area (Å²) in [7, 11) is 0. The highest BCUT2D eigenvalue weighted by Crippen LogP contribution is 2.27. The number of ether oxygens (including phenoxy) is 1. The highest BCUT2D eigenvalue weighted by Gasteiger charge is 2.23. The average Bonchev–Trinajstić information content (AvgIpc) is 2.86. The van der Waals surface area contributed by atoms with Crippen molar-refractivity contribution >= 4 is 11.4 Å². The molecule has 0 spiro atoms. The van der Waals surface area contributed by atoms with Crippen molar-refractivity contribution in [2.45, 2.75) is 41.5 Å². The van der Waals surface area contributed by atoms with Crippen LogP contribution >= 0.6 is 0 Å². The van der Waals surface area contributed by atoms with Crippen LogP contribution in [0.5, 0.6) is 5.75 Å². The lowest BCUT2D eigenvalue weighted by atomic mass is 10.2. The number of quaternary nitrogens is 2. The van der Waals surface area contributed by atoms with Crippen LogP contribution in [0.4, 0.5) is 11.4 Å². The third-order valence-electron chi connectivity index (χ3n) is 7.87. The molecule has 2 rings (SSSR count). The summed E-state index contributed by atoms with van der Waals surface area (Å²) in [6.07, 6.45) is 0. The molecular weight excluding hydrogens is 394 g/mol. The Labute approximate surface area is 197 Å². The van der Waals surface area contributed by atoms with Crippen LogP contribution in [0.1, 0.15) is 41.5 Å². The highest BCUT2D eigenvalue weighted by molar-refractivity contribution is 5.63. The van der Waals surface area contributed by atoms with Gasteiger partial charge in [0.2, 0.25) is 0 Å². The van der Waals surface area contributed by atoms with Gasteiger partial charge in [-0.15, -0.1) is 0 Å². The predicted octanol–water partition coefficient (Wildman–Crippen LogP) is 5.96. The molecule has 0 N–H and O–H groups in total. The number of rotatable bonds is 15. The van der Waals surface area contributed by atoms with Crippen LogP contribution in [0.2, 0.25) is 0 Å². The second-order valence-electron chi connectivity index (χ2n) is 8.86. The zero-order chi connectivity index (χ0) is 23.5. The van der Waals surface area contributed by atoms with Gasteiger partial charge in [-0.05, 0) is 77.9 Å². The molecule has 0 saturated heterocycles. The molecule has 0 fully saturated rings. The molecule has 2 aromatic rings. The first-order chi connectivity index (χ1) is 15.5. The number of likely N-dealkylation sites (N-methyl/N-ethyl adjacent to an activating group) is 2. The predicted molar refractivity (Wildman–Crippen MR) is 139 cm³/mol. The van der Waals surface area contributed by atoms with Gasteiger partial charge in [-0.2, -0.15) is 0 Å². The molecule has 0 amide bonds. The third-order valence-corrected chi connectivity index (χ3v) is 7.87. The van der Waals surface area contributed by atoms with Crippen molar-refractivity contribution in [1.29, 1.82) is 0 Å². The molecule has 0 saturated carbocycles. The van der Waals surface area contributed by atoms with Gasteiger partial charge in [0.25, 0.3) is 0 Å². The molecular formula is C28H47N3O+2. The summed E-state index contributed by atoms with van der Waals surface area (Å²) in [6, 6.07) is 19.4. The molecule has 0 unspecified atom stereocenters. The standard InChI is InChI=1S/C28H47N3O/c1-7-30(8-2,9-3)23-22-29(26-16-14-13-15-17-26)27-18-20-28(21-19-27)32-25-24-31(10-4,11-5)12-6/h13-21H,7-12,22-25H2,1-6H3/q+2. The average molecular weight is 442 g/mol. The maximum absolute atomic E-state index is 6.14. The van der Waals surface area contributed by atoms with Crippen LogP contribution in [0, 0.1) is 0 Å². The van der Waals surface area contributed by atoms with Gasteiger partial charge < -0.3 is 18.6 Å². The third kappa shape index (κ3) is 6.73. The first kappa shape index (κ1) is 26.2. The summed E-state index contributed by atoms with van der Waals surface area (Å²) in [4.78, 5) is 2.45. The summed E-state index contributed by atoms with van der Waals surface area (Å²) < 4.78 is 8.40. The summed E-state index contributed by atoms with van der Waals surface area (Å²) in [6.45, 7) is 24.8. The van der Waals surface area contributed by atoms with Crippen molar-refractivity contribution in [3.8, 4) is 5.75 Å². The van der Waals surface area contributed by atoms with E-state index in [0.29, 0.717) is 0 Å². The van der Waals surface area contributed by atoms with E-state index in [1.54, 1.807) is 0 Å². The molecule has 0 aliphatic carbocycles. The van der Waals surface area contributed by atoms with Crippen LogP contribution in [-0.2, 0) is 0 Å². The van der Waals surface area contributed by atoms with E-state index < -0.39 is 0 Å². The lowest BCUT2D eigenvalue weighted by Crippen LogP contribution is -2.51. The maximum atomic E-state index is 6.14. The SMILES string of the molecule is CC[N+](CC)(CC)CCOc1ccc(N(CC[N+](CC)(CC)CC)c2ccccc2)cc1. The Morgan fingerprint density at radius 3 is 1.56 bits per heavy atom. The Morgan fingerprint density at radius 2 is 1.06 bits per heavy atom. The number of para-hydroxylation sites is 1. The van der Waals surface area contributed by atoms with Crippen molar-refractivity contribution in [3.63, 3.8) is 0 Å². The summed E-state index contributed by atoms with van der Waals surface area (Å²) in [5, 5.41) is 0. The second-order valence-corrected chi connectivity index (χ2v) is 8.86. The normalized spacial score (nSPS) is 12.1. The van der Waals surface area contributed by atoms with Crippen molar-refractivity contribution in [1.82, 2.24) is 0 Å². The van der Waals surface area contributed by atoms with Gasteiger partial charge in [0.05, 0.1) is 52.4 Å². The molecule has 0 aliphatic rings. The van der Waals surface area contributed by atoms with Crippen molar-refractivity contribution in [3.05, 3.63) is 54.6 Å². The van der Waals surface area contributed by atoms with E-state index in [-0.39, 0.29) is 0 Å². The number of hydrogen-bond acceptors (Lipinski definition) is 2. The smallest absolute Gasteiger partial charge is 0.137 e.